The number of aryl methyl sites for hydroxylation is 1. The zero-order chi connectivity index (χ0) is 26.7. The Morgan fingerprint density at radius 1 is 1.17 bits per heavy atom. The number of benzene rings is 1. The molecule has 2 rings (SSSR count). The van der Waals surface area contributed by atoms with Gasteiger partial charge in [-0.2, -0.15) is 5.26 Å². The molecule has 36 heavy (non-hydrogen) atoms. The smallest absolute Gasteiger partial charge is 0.270 e. The number of nitriles is 1. The molecule has 0 aliphatic rings. The monoisotopic (exact) mass is 497 g/mol. The number of rotatable bonds is 12. The van der Waals surface area contributed by atoms with Crippen molar-refractivity contribution < 1.29 is 23.8 Å². The lowest BCUT2D eigenvalue weighted by Gasteiger charge is -2.18. The Morgan fingerprint density at radius 3 is 2.44 bits per heavy atom. The van der Waals surface area contributed by atoms with Crippen LogP contribution in [0.25, 0.3) is 0 Å². The molecule has 0 aliphatic carbocycles. The molecule has 192 valence electrons. The molecule has 1 atom stereocenters. The number of hydrazine groups is 1. The summed E-state index contributed by atoms with van der Waals surface area (Å²) in [4.78, 5) is 29.3. The summed E-state index contributed by atoms with van der Waals surface area (Å²) in [6, 6.07) is 7.67. The quantitative estimate of drug-likeness (QED) is 0.186. The molecule has 1 unspecified atom stereocenters. The molecule has 2 amide bonds. The summed E-state index contributed by atoms with van der Waals surface area (Å²) in [5.74, 6) is 5.73. The number of pyridine rings is 1. The van der Waals surface area contributed by atoms with E-state index in [1.54, 1.807) is 24.4 Å². The minimum absolute atomic E-state index is 0.132. The van der Waals surface area contributed by atoms with Gasteiger partial charge in [0, 0.05) is 18.9 Å². The Labute approximate surface area is 209 Å². The molecule has 0 saturated carbocycles. The van der Waals surface area contributed by atoms with E-state index in [1.165, 1.54) is 27.5 Å². The van der Waals surface area contributed by atoms with Crippen LogP contribution in [-0.2, 0) is 11.2 Å². The summed E-state index contributed by atoms with van der Waals surface area (Å²) in [7, 11) is 4.34. The maximum absolute atomic E-state index is 12.6. The first-order valence-corrected chi connectivity index (χ1v) is 11.0. The first-order valence-electron chi connectivity index (χ1n) is 11.0. The Morgan fingerprint density at radius 2 is 1.89 bits per heavy atom. The number of carbonyl (C=O) groups excluding carboxylic acids is 2. The van der Waals surface area contributed by atoms with Crippen LogP contribution in [-0.4, -0.2) is 56.2 Å². The van der Waals surface area contributed by atoms with E-state index in [9.17, 15) is 14.9 Å². The zero-order valence-corrected chi connectivity index (χ0v) is 20.7. The predicted octanol–water partition coefficient (Wildman–Crippen LogP) is 0.756. The van der Waals surface area contributed by atoms with Gasteiger partial charge in [-0.15, -0.1) is 0 Å². The van der Waals surface area contributed by atoms with Crippen LogP contribution in [0.5, 0.6) is 17.2 Å². The van der Waals surface area contributed by atoms with Crippen LogP contribution in [0.2, 0.25) is 0 Å². The molecule has 0 spiro atoms. The summed E-state index contributed by atoms with van der Waals surface area (Å²) < 4.78 is 15.8. The Bertz CT molecular complexity index is 1130. The van der Waals surface area contributed by atoms with Crippen molar-refractivity contribution in [1.82, 2.24) is 20.6 Å². The van der Waals surface area contributed by atoms with Crippen molar-refractivity contribution in [1.29, 1.82) is 5.26 Å². The highest BCUT2D eigenvalue weighted by atomic mass is 16.5. The van der Waals surface area contributed by atoms with Crippen molar-refractivity contribution >= 4 is 11.8 Å². The summed E-state index contributed by atoms with van der Waals surface area (Å²) in [5.41, 5.74) is 7.27. The number of nitrogens with zero attached hydrogens (tertiary/aromatic N) is 3. The lowest BCUT2D eigenvalue weighted by atomic mass is 10.1. The van der Waals surface area contributed by atoms with Crippen LogP contribution in [0.4, 0.5) is 0 Å². The molecule has 12 nitrogen and oxygen atoms in total. The number of carbonyl (C=O) groups is 2. The van der Waals surface area contributed by atoms with Gasteiger partial charge in [-0.3, -0.25) is 14.6 Å². The molecular weight excluding hydrogens is 466 g/mol. The van der Waals surface area contributed by atoms with Gasteiger partial charge in [-0.25, -0.2) is 5.84 Å². The third kappa shape index (κ3) is 7.00. The fraction of sp³-hybridized carbons (Fsp3) is 0.333. The molecule has 0 radical (unpaired) electrons. The van der Waals surface area contributed by atoms with Gasteiger partial charge in [-0.05, 0) is 30.2 Å². The molecule has 0 saturated heterocycles. The van der Waals surface area contributed by atoms with Crippen molar-refractivity contribution in [3.63, 3.8) is 0 Å². The largest absolute Gasteiger partial charge is 0.493 e. The third-order valence-corrected chi connectivity index (χ3v) is 5.13. The van der Waals surface area contributed by atoms with Crippen molar-refractivity contribution in [2.75, 3.05) is 34.4 Å². The molecule has 1 aromatic carbocycles. The van der Waals surface area contributed by atoms with Crippen LogP contribution in [0.3, 0.4) is 0 Å². The highest BCUT2D eigenvalue weighted by molar-refractivity contribution is 5.98. The van der Waals surface area contributed by atoms with E-state index in [0.29, 0.717) is 17.2 Å². The van der Waals surface area contributed by atoms with E-state index in [0.717, 1.165) is 17.0 Å². The molecule has 1 heterocycles. The fourth-order valence-corrected chi connectivity index (χ4v) is 3.18. The number of hydrogen-bond donors (Lipinski definition) is 4. The maximum Gasteiger partial charge on any atom is 0.270 e. The summed E-state index contributed by atoms with van der Waals surface area (Å²) in [5, 5.41) is 15.8. The van der Waals surface area contributed by atoms with Crippen molar-refractivity contribution in [3.8, 4) is 23.3 Å². The number of aromatic nitrogens is 1. The lowest BCUT2D eigenvalue weighted by molar-refractivity contribution is -0.118. The Balaban J connectivity index is 1.95. The van der Waals surface area contributed by atoms with E-state index in [1.807, 2.05) is 19.1 Å². The van der Waals surface area contributed by atoms with E-state index < -0.39 is 17.9 Å². The number of ether oxygens (including phenoxy) is 3. The van der Waals surface area contributed by atoms with E-state index in [2.05, 4.69) is 15.6 Å². The van der Waals surface area contributed by atoms with Gasteiger partial charge >= 0.3 is 0 Å². The van der Waals surface area contributed by atoms with Gasteiger partial charge in [-0.1, -0.05) is 13.0 Å². The average Bonchev–Trinajstić information content (AvgIpc) is 2.90. The Kier molecular flexibility index (Phi) is 10.3. The number of nitrogens with two attached hydrogens (primary N) is 2. The fourth-order valence-electron chi connectivity index (χ4n) is 3.18. The van der Waals surface area contributed by atoms with Gasteiger partial charge in [0.1, 0.15) is 5.70 Å². The van der Waals surface area contributed by atoms with Gasteiger partial charge in [0.2, 0.25) is 5.75 Å². The van der Waals surface area contributed by atoms with Gasteiger partial charge in [0.25, 0.3) is 11.8 Å². The summed E-state index contributed by atoms with van der Waals surface area (Å²) in [6.07, 6.45) is 3.67. The van der Waals surface area contributed by atoms with Gasteiger partial charge < -0.3 is 35.6 Å². The number of amides is 2. The minimum Gasteiger partial charge on any atom is -0.493 e. The predicted molar refractivity (Wildman–Crippen MR) is 132 cm³/mol. The molecule has 0 bridgehead atoms. The highest BCUT2D eigenvalue weighted by Gasteiger charge is 2.21. The topological polar surface area (TPSA) is 178 Å². The summed E-state index contributed by atoms with van der Waals surface area (Å²) in [6.45, 7) is 2.26. The first-order chi connectivity index (χ1) is 17.3. The van der Waals surface area contributed by atoms with Crippen molar-refractivity contribution in [2.45, 2.75) is 19.4 Å². The van der Waals surface area contributed by atoms with Crippen LogP contribution >= 0.6 is 0 Å². The van der Waals surface area contributed by atoms with Crippen molar-refractivity contribution in [2.24, 2.45) is 11.6 Å². The molecule has 12 heteroatoms. The third-order valence-electron chi connectivity index (χ3n) is 5.13. The standard InChI is InChI=1S/C24H31N7O5/c1-5-15-6-8-18(29-13-15)19(12-25)30-24(33)17(26)14-31(27)11-10-28-23(32)16-7-9-20(34-2)22(36-4)21(16)35-3/h6-9,13-14,19H,5,10-11,26-27H2,1-4H3,(H,28,32)(H,30,33)/b17-14-. The number of nitrogens with one attached hydrogen (secondary N) is 2. The van der Waals surface area contributed by atoms with E-state index in [4.69, 9.17) is 25.8 Å². The zero-order valence-electron chi connectivity index (χ0n) is 20.7. The molecular formula is C24H31N7O5. The van der Waals surface area contributed by atoms with E-state index >= 15 is 0 Å². The number of hydrogen-bond acceptors (Lipinski definition) is 10. The first kappa shape index (κ1) is 27.7. The number of methoxy groups -OCH3 is 3. The second kappa shape index (κ2) is 13.4. The van der Waals surface area contributed by atoms with Crippen LogP contribution in [0.15, 0.2) is 42.4 Å². The molecule has 2 aromatic rings. The van der Waals surface area contributed by atoms with Crippen LogP contribution in [0, 0.1) is 11.3 Å². The molecule has 6 N–H and O–H groups in total. The molecule has 0 aliphatic heterocycles. The minimum atomic E-state index is -0.975. The highest BCUT2D eigenvalue weighted by Crippen LogP contribution is 2.39. The normalized spacial score (nSPS) is 11.6. The maximum atomic E-state index is 12.6. The van der Waals surface area contributed by atoms with Crippen LogP contribution in [0.1, 0.15) is 34.6 Å². The second-order valence-corrected chi connectivity index (χ2v) is 7.44. The lowest BCUT2D eigenvalue weighted by Crippen LogP contribution is -2.38. The SMILES string of the molecule is CCc1ccc(C(C#N)NC(=O)/C(N)=C/N(N)CCNC(=O)c2ccc(OC)c(OC)c2OC)nc1. The van der Waals surface area contributed by atoms with Crippen molar-refractivity contribution in [3.05, 3.63) is 59.2 Å². The average molecular weight is 498 g/mol. The van der Waals surface area contributed by atoms with Crippen LogP contribution < -0.4 is 36.4 Å². The Hall–Kier alpha value is -4.50. The van der Waals surface area contributed by atoms with E-state index in [-0.39, 0.29) is 30.1 Å². The van der Waals surface area contributed by atoms with Gasteiger partial charge in [0.05, 0.1) is 45.2 Å². The second-order valence-electron chi connectivity index (χ2n) is 7.44. The van der Waals surface area contributed by atoms with Gasteiger partial charge in [0.15, 0.2) is 17.5 Å². The summed E-state index contributed by atoms with van der Waals surface area (Å²) >= 11 is 0. The molecule has 0 fully saturated rings. The molecule has 1 aromatic heterocycles.